The molecular weight excluding hydrogens is 530 g/mol. The highest BCUT2D eigenvalue weighted by molar-refractivity contribution is 7.89. The lowest BCUT2D eigenvalue weighted by Gasteiger charge is -2.32. The number of hydrogen-bond donors (Lipinski definition) is 4. The molecule has 8 nitrogen and oxygen atoms in total. The van der Waals surface area contributed by atoms with Crippen LogP contribution in [-0.4, -0.2) is 37.7 Å². The summed E-state index contributed by atoms with van der Waals surface area (Å²) in [6, 6.07) is 21.2. The Morgan fingerprint density at radius 3 is 2.28 bits per heavy atom. The number of benzene rings is 3. The maximum atomic E-state index is 13.2. The summed E-state index contributed by atoms with van der Waals surface area (Å²) < 4.78 is 24.0. The number of thiocarbonyl (C=S) groups is 1. The van der Waals surface area contributed by atoms with E-state index in [2.05, 4.69) is 29.4 Å². The predicted molar refractivity (Wildman–Crippen MR) is 163 cm³/mol. The second-order valence-corrected chi connectivity index (χ2v) is 11.1. The number of sulfonamides is 1. The number of rotatable bonds is 11. The van der Waals surface area contributed by atoms with Crippen LogP contribution < -0.4 is 20.7 Å². The lowest BCUT2D eigenvalue weighted by Crippen LogP contribution is -2.40. The van der Waals surface area contributed by atoms with Gasteiger partial charge in [-0.2, -0.15) is 0 Å². The first-order valence-electron chi connectivity index (χ1n) is 12.8. The van der Waals surface area contributed by atoms with Gasteiger partial charge < -0.3 is 15.5 Å². The van der Waals surface area contributed by atoms with Gasteiger partial charge in [0.05, 0.1) is 16.4 Å². The molecule has 206 valence electrons. The molecule has 3 rings (SSSR count). The Morgan fingerprint density at radius 2 is 1.67 bits per heavy atom. The minimum absolute atomic E-state index is 0.0460. The van der Waals surface area contributed by atoms with E-state index in [1.54, 1.807) is 42.5 Å². The van der Waals surface area contributed by atoms with Crippen LogP contribution in [0.15, 0.2) is 77.7 Å². The summed E-state index contributed by atoms with van der Waals surface area (Å²) in [4.78, 5) is 15.9. The minimum atomic E-state index is -3.88. The van der Waals surface area contributed by atoms with Crippen LogP contribution in [0.25, 0.3) is 11.1 Å². The zero-order chi connectivity index (χ0) is 28.6. The second-order valence-electron chi connectivity index (χ2n) is 9.09. The third-order valence-corrected chi connectivity index (χ3v) is 7.78. The predicted octanol–water partition coefficient (Wildman–Crippen LogP) is 5.29. The molecule has 10 heteroatoms. The maximum absolute atomic E-state index is 13.2. The number of anilines is 2. The Labute approximate surface area is 236 Å². The summed E-state index contributed by atoms with van der Waals surface area (Å²) >= 11 is 5.22. The van der Waals surface area contributed by atoms with Crippen LogP contribution in [0.2, 0.25) is 0 Å². The number of amides is 1. The molecule has 5 N–H and O–H groups in total. The summed E-state index contributed by atoms with van der Waals surface area (Å²) in [5.41, 5.74) is 3.30. The van der Waals surface area contributed by atoms with Gasteiger partial charge in [0, 0.05) is 28.5 Å². The molecule has 0 aliphatic heterocycles. The third-order valence-electron chi connectivity index (χ3n) is 6.42. The van der Waals surface area contributed by atoms with Crippen molar-refractivity contribution in [1.29, 1.82) is 5.41 Å². The molecule has 0 atom stereocenters. The van der Waals surface area contributed by atoms with Gasteiger partial charge in [-0.3, -0.25) is 10.2 Å². The molecule has 1 amide bonds. The molecule has 0 saturated carbocycles. The van der Waals surface area contributed by atoms with Crippen molar-refractivity contribution in [1.82, 2.24) is 5.32 Å². The SMILES string of the molecule is CCC(=S)NC(=N)c1cccc(N(CC(=O)Nc2ccc(-c3ccccc3S(N)(=O)=O)cc2)C(CC)CC)c1. The Morgan fingerprint density at radius 1 is 1.00 bits per heavy atom. The Balaban J connectivity index is 1.79. The average molecular weight is 566 g/mol. The fraction of sp³-hybridized carbons (Fsp3) is 0.276. The first kappa shape index (κ1) is 29.9. The standard InChI is InChI=1S/C29H35N5O3S2/c1-4-23(5-2)34(24-11-9-10-21(18-24)29(30)33-28(38)6-3)19-27(35)32-22-16-14-20(15-17-22)25-12-7-8-13-26(25)39(31,36)37/h7-18,23H,4-6,19H2,1-3H3,(H,32,35)(H2,30,33,38)(H2,31,36,37). The van der Waals surface area contributed by atoms with Gasteiger partial charge in [-0.25, -0.2) is 13.6 Å². The molecule has 0 aromatic heterocycles. The molecule has 0 spiro atoms. The van der Waals surface area contributed by atoms with E-state index in [-0.39, 0.29) is 29.2 Å². The monoisotopic (exact) mass is 565 g/mol. The van der Waals surface area contributed by atoms with Crippen molar-refractivity contribution in [2.24, 2.45) is 5.14 Å². The van der Waals surface area contributed by atoms with Gasteiger partial charge in [0.15, 0.2) is 0 Å². The molecule has 0 bridgehead atoms. The zero-order valence-corrected chi connectivity index (χ0v) is 24.0. The summed E-state index contributed by atoms with van der Waals surface area (Å²) in [7, 11) is -3.88. The molecule has 0 unspecified atom stereocenters. The third kappa shape index (κ3) is 7.95. The zero-order valence-electron chi connectivity index (χ0n) is 22.4. The van der Waals surface area contributed by atoms with Crippen molar-refractivity contribution in [3.63, 3.8) is 0 Å². The summed E-state index contributed by atoms with van der Waals surface area (Å²) in [5, 5.41) is 19.6. The van der Waals surface area contributed by atoms with Crippen LogP contribution in [0.4, 0.5) is 11.4 Å². The van der Waals surface area contributed by atoms with Crippen LogP contribution >= 0.6 is 12.2 Å². The van der Waals surface area contributed by atoms with E-state index >= 15 is 0 Å². The topological polar surface area (TPSA) is 128 Å². The second kappa shape index (κ2) is 13.5. The van der Waals surface area contributed by atoms with Crippen molar-refractivity contribution in [3.05, 3.63) is 78.4 Å². The van der Waals surface area contributed by atoms with Crippen LogP contribution in [0.1, 0.15) is 45.6 Å². The van der Waals surface area contributed by atoms with Crippen LogP contribution in [-0.2, 0) is 14.8 Å². The lowest BCUT2D eigenvalue weighted by atomic mass is 10.1. The number of nitrogens with two attached hydrogens (primary N) is 1. The summed E-state index contributed by atoms with van der Waals surface area (Å²) in [5.74, 6) is 0.0344. The van der Waals surface area contributed by atoms with Crippen molar-refractivity contribution in [2.75, 3.05) is 16.8 Å². The van der Waals surface area contributed by atoms with Gasteiger partial charge in [0.2, 0.25) is 15.9 Å². The van der Waals surface area contributed by atoms with E-state index in [0.717, 1.165) is 18.5 Å². The summed E-state index contributed by atoms with van der Waals surface area (Å²) in [6.45, 7) is 6.23. The van der Waals surface area contributed by atoms with Gasteiger partial charge in [-0.15, -0.1) is 0 Å². The van der Waals surface area contributed by atoms with E-state index < -0.39 is 10.0 Å². The molecule has 0 fully saturated rings. The number of hydrogen-bond acceptors (Lipinski definition) is 6. The molecule has 0 saturated heterocycles. The minimum Gasteiger partial charge on any atom is -0.359 e. The maximum Gasteiger partial charge on any atom is 0.243 e. The first-order chi connectivity index (χ1) is 18.6. The summed E-state index contributed by atoms with van der Waals surface area (Å²) in [6.07, 6.45) is 2.35. The van der Waals surface area contributed by atoms with E-state index in [1.807, 2.05) is 31.2 Å². The quantitative estimate of drug-likeness (QED) is 0.142. The number of nitrogens with zero attached hydrogens (tertiary/aromatic N) is 1. The molecule has 0 aliphatic carbocycles. The van der Waals surface area contributed by atoms with Crippen molar-refractivity contribution in [2.45, 2.75) is 51.0 Å². The number of carbonyl (C=O) groups excluding carboxylic acids is 1. The highest BCUT2D eigenvalue weighted by Crippen LogP contribution is 2.28. The molecule has 0 aliphatic rings. The van der Waals surface area contributed by atoms with Crippen LogP contribution in [0.3, 0.4) is 0 Å². The Hall–Kier alpha value is -3.60. The van der Waals surface area contributed by atoms with Crippen LogP contribution in [0, 0.1) is 5.41 Å². The van der Waals surface area contributed by atoms with Gasteiger partial charge >= 0.3 is 0 Å². The number of carbonyl (C=O) groups is 1. The Kier molecular flexibility index (Phi) is 10.3. The molecule has 39 heavy (non-hydrogen) atoms. The fourth-order valence-corrected chi connectivity index (χ4v) is 5.21. The molecule has 3 aromatic rings. The van der Waals surface area contributed by atoms with E-state index in [4.69, 9.17) is 22.8 Å². The van der Waals surface area contributed by atoms with Crippen molar-refractivity contribution >= 4 is 50.3 Å². The average Bonchev–Trinajstić information content (AvgIpc) is 2.93. The smallest absolute Gasteiger partial charge is 0.243 e. The number of nitrogens with one attached hydrogen (secondary N) is 3. The lowest BCUT2D eigenvalue weighted by molar-refractivity contribution is -0.115. The Bertz CT molecular complexity index is 1440. The molecule has 0 radical (unpaired) electrons. The van der Waals surface area contributed by atoms with E-state index in [0.29, 0.717) is 33.8 Å². The molecule has 0 heterocycles. The van der Waals surface area contributed by atoms with E-state index in [1.165, 1.54) is 6.07 Å². The number of amidine groups is 1. The van der Waals surface area contributed by atoms with Crippen LogP contribution in [0.5, 0.6) is 0 Å². The molecule has 3 aromatic carbocycles. The van der Waals surface area contributed by atoms with Gasteiger partial charge in [-0.05, 0) is 55.2 Å². The van der Waals surface area contributed by atoms with Gasteiger partial charge in [0.25, 0.3) is 0 Å². The molecular formula is C29H35N5O3S2. The fourth-order valence-electron chi connectivity index (χ4n) is 4.34. The highest BCUT2D eigenvalue weighted by atomic mass is 32.2. The normalized spacial score (nSPS) is 11.2. The van der Waals surface area contributed by atoms with E-state index in [9.17, 15) is 13.2 Å². The highest BCUT2D eigenvalue weighted by Gasteiger charge is 2.20. The first-order valence-corrected chi connectivity index (χ1v) is 14.8. The van der Waals surface area contributed by atoms with Crippen molar-refractivity contribution in [3.8, 4) is 11.1 Å². The number of primary sulfonamides is 1. The van der Waals surface area contributed by atoms with Gasteiger partial charge in [0.1, 0.15) is 5.84 Å². The van der Waals surface area contributed by atoms with Crippen molar-refractivity contribution < 1.29 is 13.2 Å². The van der Waals surface area contributed by atoms with Gasteiger partial charge in [-0.1, -0.05) is 75.5 Å². The largest absolute Gasteiger partial charge is 0.359 e.